The Kier molecular flexibility index (Phi) is 3.58. The van der Waals surface area contributed by atoms with E-state index in [2.05, 4.69) is 11.3 Å². The molecule has 1 aromatic carbocycles. The van der Waals surface area contributed by atoms with Crippen molar-refractivity contribution in [1.82, 2.24) is 4.72 Å². The fraction of sp³-hybridized carbons (Fsp3) is 0.100. The van der Waals surface area contributed by atoms with Gasteiger partial charge in [0.25, 0.3) is 5.91 Å². The van der Waals surface area contributed by atoms with Crippen LogP contribution in [0.1, 0.15) is 5.56 Å². The van der Waals surface area contributed by atoms with Crippen molar-refractivity contribution in [3.05, 3.63) is 42.5 Å². The summed E-state index contributed by atoms with van der Waals surface area (Å²) in [5.41, 5.74) is 1.21. The van der Waals surface area contributed by atoms with E-state index >= 15 is 0 Å². The molecule has 1 amide bonds. The van der Waals surface area contributed by atoms with E-state index < -0.39 is 0 Å². The predicted molar refractivity (Wildman–Crippen MR) is 55.4 cm³/mol. The van der Waals surface area contributed by atoms with Crippen LogP contribution in [0.15, 0.2) is 41.8 Å². The highest BCUT2D eigenvalue weighted by atomic mass is 32.2. The Morgan fingerprint density at radius 1 is 1.46 bits per heavy atom. The predicted octanol–water partition coefficient (Wildman–Crippen LogP) is 2.30. The zero-order chi connectivity index (χ0) is 9.68. The molecule has 3 heteroatoms. The second-order valence-electron chi connectivity index (χ2n) is 2.59. The lowest BCUT2D eigenvalue weighted by molar-refractivity contribution is -0.114. The molecule has 0 aliphatic carbocycles. The summed E-state index contributed by atoms with van der Waals surface area (Å²) in [6.45, 7) is 5.39. The molecule has 0 fully saturated rings. The summed E-state index contributed by atoms with van der Waals surface area (Å²) in [7, 11) is 0. The van der Waals surface area contributed by atoms with Crippen molar-refractivity contribution >= 4 is 17.9 Å². The highest BCUT2D eigenvalue weighted by molar-refractivity contribution is 7.98. The Labute approximate surface area is 82.2 Å². The number of benzene rings is 1. The first-order valence-corrected chi connectivity index (χ1v) is 4.70. The number of rotatable bonds is 3. The molecule has 13 heavy (non-hydrogen) atoms. The maximum Gasteiger partial charge on any atom is 0.253 e. The summed E-state index contributed by atoms with van der Waals surface area (Å²) in [6, 6.07) is 7.93. The molecule has 1 N–H and O–H groups in total. The van der Waals surface area contributed by atoms with E-state index in [1.165, 1.54) is 23.6 Å². The number of nitrogens with one attached hydrogen (secondary N) is 1. The second kappa shape index (κ2) is 4.72. The summed E-state index contributed by atoms with van der Waals surface area (Å²) in [4.78, 5) is 11.8. The van der Waals surface area contributed by atoms with E-state index in [4.69, 9.17) is 0 Å². The number of carbonyl (C=O) groups excluding carboxylic acids is 1. The Morgan fingerprint density at radius 3 is 2.62 bits per heavy atom. The minimum atomic E-state index is -0.175. The third kappa shape index (κ3) is 3.34. The standard InChI is InChI=1S/C10H11NOS/c1-3-10(12)11-13-9-6-4-8(2)5-7-9/h3-7H,1H2,2H3,(H,11,12). The van der Waals surface area contributed by atoms with Gasteiger partial charge in [0, 0.05) is 4.90 Å². The lowest BCUT2D eigenvalue weighted by atomic mass is 10.2. The summed E-state index contributed by atoms with van der Waals surface area (Å²) in [5.74, 6) is -0.175. The fourth-order valence-corrected chi connectivity index (χ4v) is 1.33. The largest absolute Gasteiger partial charge is 0.292 e. The molecule has 0 heterocycles. The Bertz CT molecular complexity index is 305. The highest BCUT2D eigenvalue weighted by Crippen LogP contribution is 2.14. The van der Waals surface area contributed by atoms with E-state index in [9.17, 15) is 4.79 Å². The number of hydrogen-bond acceptors (Lipinski definition) is 2. The van der Waals surface area contributed by atoms with Gasteiger partial charge in [-0.2, -0.15) is 0 Å². The molecular weight excluding hydrogens is 182 g/mol. The summed E-state index contributed by atoms with van der Waals surface area (Å²) in [5, 5.41) is 0. The quantitative estimate of drug-likeness (QED) is 0.589. The molecule has 0 atom stereocenters. The minimum absolute atomic E-state index is 0.175. The summed E-state index contributed by atoms with van der Waals surface area (Å²) in [6.07, 6.45) is 1.25. The molecule has 0 bridgehead atoms. The van der Waals surface area contributed by atoms with E-state index in [1.54, 1.807) is 0 Å². The van der Waals surface area contributed by atoms with Gasteiger partial charge in [0.1, 0.15) is 0 Å². The maximum atomic E-state index is 10.8. The van der Waals surface area contributed by atoms with Crippen LogP contribution in [0.2, 0.25) is 0 Å². The fourth-order valence-electron chi connectivity index (χ4n) is 0.757. The average molecular weight is 193 g/mol. The molecule has 68 valence electrons. The summed E-state index contributed by atoms with van der Waals surface area (Å²) < 4.78 is 2.63. The van der Waals surface area contributed by atoms with Gasteiger partial charge in [-0.05, 0) is 37.1 Å². The van der Waals surface area contributed by atoms with Crippen molar-refractivity contribution in [2.45, 2.75) is 11.8 Å². The van der Waals surface area contributed by atoms with Gasteiger partial charge in [-0.1, -0.05) is 24.3 Å². The van der Waals surface area contributed by atoms with E-state index in [1.807, 2.05) is 31.2 Å². The molecule has 0 aromatic heterocycles. The number of carbonyl (C=O) groups is 1. The van der Waals surface area contributed by atoms with Crippen LogP contribution in [0.5, 0.6) is 0 Å². The summed E-state index contributed by atoms with van der Waals surface area (Å²) >= 11 is 1.29. The van der Waals surface area contributed by atoms with Crippen molar-refractivity contribution in [3.63, 3.8) is 0 Å². The first-order valence-electron chi connectivity index (χ1n) is 3.88. The minimum Gasteiger partial charge on any atom is -0.292 e. The lowest BCUT2D eigenvalue weighted by Gasteiger charge is -2.00. The first kappa shape index (κ1) is 9.86. The highest BCUT2D eigenvalue weighted by Gasteiger charge is 1.95. The number of aryl methyl sites for hydroxylation is 1. The van der Waals surface area contributed by atoms with Gasteiger partial charge < -0.3 is 0 Å². The van der Waals surface area contributed by atoms with Crippen LogP contribution in [0.3, 0.4) is 0 Å². The third-order valence-electron chi connectivity index (χ3n) is 1.48. The van der Waals surface area contributed by atoms with Gasteiger partial charge in [-0.15, -0.1) is 0 Å². The normalized spacial score (nSPS) is 9.31. The van der Waals surface area contributed by atoms with Gasteiger partial charge in [-0.3, -0.25) is 9.52 Å². The molecule has 0 saturated heterocycles. The number of hydrogen-bond donors (Lipinski definition) is 1. The molecule has 0 saturated carbocycles. The molecule has 1 rings (SSSR count). The van der Waals surface area contributed by atoms with Crippen molar-refractivity contribution < 1.29 is 4.79 Å². The smallest absolute Gasteiger partial charge is 0.253 e. The van der Waals surface area contributed by atoms with Crippen LogP contribution in [-0.4, -0.2) is 5.91 Å². The van der Waals surface area contributed by atoms with Crippen molar-refractivity contribution in [1.29, 1.82) is 0 Å². The SMILES string of the molecule is C=CC(=O)NSc1ccc(C)cc1. The molecule has 0 aliphatic heterocycles. The Balaban J connectivity index is 2.50. The molecule has 1 aromatic rings. The van der Waals surface area contributed by atoms with Gasteiger partial charge in [-0.25, -0.2) is 0 Å². The van der Waals surface area contributed by atoms with Gasteiger partial charge in [0.2, 0.25) is 0 Å². The number of amides is 1. The Hall–Kier alpha value is -1.22. The average Bonchev–Trinajstić information content (AvgIpc) is 2.16. The molecule has 0 aliphatic rings. The second-order valence-corrected chi connectivity index (χ2v) is 3.47. The van der Waals surface area contributed by atoms with E-state index in [-0.39, 0.29) is 5.91 Å². The maximum absolute atomic E-state index is 10.8. The van der Waals surface area contributed by atoms with Crippen LogP contribution in [0.4, 0.5) is 0 Å². The zero-order valence-corrected chi connectivity index (χ0v) is 8.23. The van der Waals surface area contributed by atoms with Crippen LogP contribution in [0.25, 0.3) is 0 Å². The van der Waals surface area contributed by atoms with Gasteiger partial charge in [0.15, 0.2) is 0 Å². The topological polar surface area (TPSA) is 29.1 Å². The molecule has 2 nitrogen and oxygen atoms in total. The molecule has 0 spiro atoms. The van der Waals surface area contributed by atoms with Crippen LogP contribution in [0, 0.1) is 6.92 Å². The third-order valence-corrected chi connectivity index (χ3v) is 2.29. The van der Waals surface area contributed by atoms with E-state index in [0.717, 1.165) is 4.90 Å². The lowest BCUT2D eigenvalue weighted by Crippen LogP contribution is -2.11. The van der Waals surface area contributed by atoms with E-state index in [0.29, 0.717) is 0 Å². The van der Waals surface area contributed by atoms with Crippen molar-refractivity contribution in [2.24, 2.45) is 0 Å². The van der Waals surface area contributed by atoms with Gasteiger partial charge >= 0.3 is 0 Å². The Morgan fingerprint density at radius 2 is 2.08 bits per heavy atom. The molecular formula is C10H11NOS. The van der Waals surface area contributed by atoms with Crippen molar-refractivity contribution in [3.8, 4) is 0 Å². The zero-order valence-electron chi connectivity index (χ0n) is 7.41. The van der Waals surface area contributed by atoms with Crippen LogP contribution >= 0.6 is 11.9 Å². The molecule has 0 unspecified atom stereocenters. The first-order chi connectivity index (χ1) is 6.22. The van der Waals surface area contributed by atoms with Crippen molar-refractivity contribution in [2.75, 3.05) is 0 Å². The molecule has 0 radical (unpaired) electrons. The monoisotopic (exact) mass is 193 g/mol. The van der Waals surface area contributed by atoms with Crippen LogP contribution < -0.4 is 4.72 Å². The van der Waals surface area contributed by atoms with Crippen LogP contribution in [-0.2, 0) is 4.79 Å². The van der Waals surface area contributed by atoms with Gasteiger partial charge in [0.05, 0.1) is 0 Å².